The molecule has 10 rings (SSSR count). The van der Waals surface area contributed by atoms with Gasteiger partial charge in [-0.3, -0.25) is 18.3 Å². The van der Waals surface area contributed by atoms with Crippen LogP contribution in [0.5, 0.6) is 23.0 Å². The van der Waals surface area contributed by atoms with E-state index in [1.165, 1.54) is 6.33 Å². The van der Waals surface area contributed by atoms with Crippen LogP contribution in [0.1, 0.15) is 64.3 Å². The van der Waals surface area contributed by atoms with E-state index in [0.717, 1.165) is 78.4 Å². The second kappa shape index (κ2) is 22.7. The number of ether oxygens (including phenoxy) is 4. The molecule has 0 unspecified atom stereocenters. The van der Waals surface area contributed by atoms with E-state index in [9.17, 15) is 9.59 Å². The van der Waals surface area contributed by atoms with Crippen molar-refractivity contribution in [1.29, 1.82) is 0 Å². The highest BCUT2D eigenvalue weighted by molar-refractivity contribution is 5.71. The summed E-state index contributed by atoms with van der Waals surface area (Å²) in [5.41, 5.74) is 14.4. The lowest BCUT2D eigenvalue weighted by Crippen LogP contribution is -2.43. The summed E-state index contributed by atoms with van der Waals surface area (Å²) in [6, 6.07) is 20.6. The van der Waals surface area contributed by atoms with E-state index in [-0.39, 0.29) is 11.4 Å². The summed E-state index contributed by atoms with van der Waals surface area (Å²) in [4.78, 5) is 43.9. The molecule has 6 heterocycles. The Balaban J connectivity index is 0.942. The van der Waals surface area contributed by atoms with Crippen molar-refractivity contribution in [2.45, 2.75) is 99.8 Å². The molecule has 2 aliphatic rings. The van der Waals surface area contributed by atoms with E-state index in [0.29, 0.717) is 130 Å². The van der Waals surface area contributed by atoms with E-state index >= 15 is 0 Å². The molecule has 0 atom stereocenters. The Morgan fingerprint density at radius 1 is 0.649 bits per heavy atom. The van der Waals surface area contributed by atoms with Crippen LogP contribution in [-0.2, 0) is 45.4 Å². The topological polar surface area (TPSA) is 223 Å². The fourth-order valence-electron chi connectivity index (χ4n) is 10.7. The fourth-order valence-corrected chi connectivity index (χ4v) is 10.7. The molecular formula is C57H66N14O6. The molecule has 0 amide bonds. The van der Waals surface area contributed by atoms with Crippen molar-refractivity contribution >= 4 is 23.1 Å². The minimum Gasteiger partial charge on any atom is -0.493 e. The van der Waals surface area contributed by atoms with Crippen LogP contribution in [0.25, 0.3) is 22.5 Å². The number of fused-ring (bicyclic) bond motifs is 6. The molecule has 0 aliphatic carbocycles. The third-order valence-electron chi connectivity index (χ3n) is 14.2. The number of hydrogen-bond acceptors (Lipinski definition) is 14. The minimum absolute atomic E-state index is 0.132. The zero-order valence-electron chi connectivity index (χ0n) is 45.0. The minimum atomic E-state index is -0.152. The Morgan fingerprint density at radius 3 is 1.83 bits per heavy atom. The first kappa shape index (κ1) is 51.8. The molecule has 4 N–H and O–H groups in total. The normalized spacial score (nSPS) is 12.9. The third kappa shape index (κ3) is 10.9. The molecule has 0 radical (unpaired) electrons. The van der Waals surface area contributed by atoms with Crippen molar-refractivity contribution in [3.05, 3.63) is 150 Å². The van der Waals surface area contributed by atoms with Crippen molar-refractivity contribution in [3.8, 4) is 45.5 Å². The number of aromatic nitrogens is 10. The summed E-state index contributed by atoms with van der Waals surface area (Å²) < 4.78 is 31.5. The lowest BCUT2D eigenvalue weighted by molar-refractivity contribution is 0.289. The molecule has 0 saturated heterocycles. The van der Waals surface area contributed by atoms with Gasteiger partial charge in [0, 0.05) is 62.5 Å². The van der Waals surface area contributed by atoms with Crippen LogP contribution in [0.4, 0.5) is 23.1 Å². The van der Waals surface area contributed by atoms with E-state index in [4.69, 9.17) is 28.9 Å². The van der Waals surface area contributed by atoms with Gasteiger partial charge >= 0.3 is 11.4 Å². The highest BCUT2D eigenvalue weighted by Crippen LogP contribution is 2.40. The zero-order chi connectivity index (χ0) is 53.7. The number of methoxy groups -OCH3 is 2. The van der Waals surface area contributed by atoms with Gasteiger partial charge in [-0.15, -0.1) is 5.10 Å². The average molecular weight is 1040 g/mol. The first-order valence-electron chi connectivity index (χ1n) is 26.2. The monoisotopic (exact) mass is 1040 g/mol. The van der Waals surface area contributed by atoms with Gasteiger partial charge in [0.15, 0.2) is 28.8 Å². The Hall–Kier alpha value is -8.68. The predicted molar refractivity (Wildman–Crippen MR) is 295 cm³/mol. The highest BCUT2D eigenvalue weighted by atomic mass is 16.5. The molecule has 20 nitrogen and oxygen atoms in total. The van der Waals surface area contributed by atoms with Gasteiger partial charge in [-0.2, -0.15) is 15.4 Å². The molecule has 8 aromatic rings. The number of H-pyrrole nitrogens is 2. The number of nitrogens with one attached hydrogen (secondary N) is 4. The highest BCUT2D eigenvalue weighted by Gasteiger charge is 2.25. The van der Waals surface area contributed by atoms with Crippen LogP contribution in [-0.4, -0.2) is 89.4 Å². The average Bonchev–Trinajstić information content (AvgIpc) is 4.25. The lowest BCUT2D eigenvalue weighted by Gasteiger charge is -2.25. The molecule has 0 bridgehead atoms. The van der Waals surface area contributed by atoms with Crippen LogP contribution in [0, 0.1) is 34.6 Å². The van der Waals surface area contributed by atoms with Gasteiger partial charge in [-0.25, -0.2) is 29.7 Å². The molecule has 0 fully saturated rings. The summed E-state index contributed by atoms with van der Waals surface area (Å²) >= 11 is 0. The lowest BCUT2D eigenvalue weighted by atomic mass is 9.96. The summed E-state index contributed by atoms with van der Waals surface area (Å²) in [6.07, 6.45) is 6.32. The van der Waals surface area contributed by atoms with Crippen LogP contribution in [0.15, 0.2) is 92.8 Å². The molecule has 4 aromatic heterocycles. The van der Waals surface area contributed by atoms with Gasteiger partial charge < -0.3 is 29.6 Å². The molecule has 2 aliphatic heterocycles. The van der Waals surface area contributed by atoms with Gasteiger partial charge in [0.05, 0.1) is 56.4 Å². The molecule has 77 heavy (non-hydrogen) atoms. The maximum atomic E-state index is 14.7. The summed E-state index contributed by atoms with van der Waals surface area (Å²) in [6.45, 7) is 16.0. The predicted octanol–water partition coefficient (Wildman–Crippen LogP) is 7.34. The van der Waals surface area contributed by atoms with Crippen molar-refractivity contribution in [3.63, 3.8) is 0 Å². The van der Waals surface area contributed by atoms with Crippen LogP contribution in [0.2, 0.25) is 0 Å². The molecular weight excluding hydrogens is 977 g/mol. The maximum Gasteiger partial charge on any atom is 0.330 e. The number of hydrogen-bond donors (Lipinski definition) is 4. The Morgan fingerprint density at radius 2 is 1.25 bits per heavy atom. The van der Waals surface area contributed by atoms with E-state index < -0.39 is 0 Å². The largest absolute Gasteiger partial charge is 0.493 e. The van der Waals surface area contributed by atoms with Gasteiger partial charge in [0.25, 0.3) is 0 Å². The molecule has 400 valence electrons. The van der Waals surface area contributed by atoms with E-state index in [2.05, 4.69) is 86.3 Å². The van der Waals surface area contributed by atoms with Crippen LogP contribution in [0.3, 0.4) is 0 Å². The van der Waals surface area contributed by atoms with Gasteiger partial charge in [-0.05, 0) is 131 Å². The second-order valence-electron chi connectivity index (χ2n) is 19.6. The Bertz CT molecular complexity index is 3720. The number of benzene rings is 4. The van der Waals surface area contributed by atoms with Crippen LogP contribution < -0.4 is 51.9 Å². The summed E-state index contributed by atoms with van der Waals surface area (Å²) in [7, 11) is 3.27. The summed E-state index contributed by atoms with van der Waals surface area (Å²) in [5, 5.41) is 23.9. The van der Waals surface area contributed by atoms with E-state index in [1.54, 1.807) is 29.6 Å². The number of aryl methyl sites for hydroxylation is 8. The SMILES string of the molecule is CCOc1cc2c(cc1OC)-c1cc(=Nc3c(C)cc(C)cc3CCCOc3cc4c(cc3OC)-c3cc(=Nc5c(C)cc(C)cc5C)n(CCNc5cn[nH]n5)c(=O)n3CC4)n(CCCNc3ncn[nH]3)c(=O)n1CC2. The Labute approximate surface area is 445 Å². The quantitative estimate of drug-likeness (QED) is 0.0551. The number of rotatable bonds is 20. The maximum absolute atomic E-state index is 14.7. The molecule has 0 saturated carbocycles. The van der Waals surface area contributed by atoms with Crippen LogP contribution >= 0.6 is 0 Å². The number of nitrogens with zero attached hydrogens (tertiary/aromatic N) is 10. The number of anilines is 2. The Kier molecular flexibility index (Phi) is 15.2. The van der Waals surface area contributed by atoms with Crippen molar-refractivity contribution < 1.29 is 18.9 Å². The van der Waals surface area contributed by atoms with Gasteiger partial charge in [0.2, 0.25) is 5.95 Å². The first-order chi connectivity index (χ1) is 37.4. The third-order valence-corrected chi connectivity index (χ3v) is 14.2. The van der Waals surface area contributed by atoms with E-state index in [1.807, 2.05) is 66.3 Å². The smallest absolute Gasteiger partial charge is 0.330 e. The van der Waals surface area contributed by atoms with Gasteiger partial charge in [-0.1, -0.05) is 35.4 Å². The fraction of sp³-hybridized carbons (Fsp3) is 0.368. The zero-order valence-corrected chi connectivity index (χ0v) is 45.0. The van der Waals surface area contributed by atoms with Gasteiger partial charge in [0.1, 0.15) is 17.3 Å². The molecule has 0 spiro atoms. The molecule has 20 heteroatoms. The first-order valence-corrected chi connectivity index (χ1v) is 26.2. The van der Waals surface area contributed by atoms with Crippen molar-refractivity contribution in [2.24, 2.45) is 9.98 Å². The van der Waals surface area contributed by atoms with Crippen molar-refractivity contribution in [1.82, 2.24) is 48.9 Å². The summed E-state index contributed by atoms with van der Waals surface area (Å²) in [5.74, 6) is 3.65. The molecule has 4 aromatic carbocycles. The standard InChI is InChI=1S/C57H66N14O6/c1-9-76-48-26-39-13-18-68-45(42(39)28-46(48)74-7)31-52(70(56(68)72)17-11-15-59-55-60-33-62-66-55)64-54-38(6)24-35(3)25-41(54)12-10-21-77-49-27-40-14-19-69-44(43(40)29-47(49)75-8)30-51(63-53-36(4)22-34(2)23-37(53)5)71(57(69)73)20-16-58-50-32-61-67-65-50/h22-33H,9-21H2,1-8H3,(H2,58,61,65,67)(H2,59,60,62,66). The second-order valence-corrected chi connectivity index (χ2v) is 19.6. The number of aromatic amines is 2. The van der Waals surface area contributed by atoms with Crippen molar-refractivity contribution in [2.75, 3.05) is 51.2 Å².